The monoisotopic (exact) mass is 368 g/mol. The van der Waals surface area contributed by atoms with E-state index in [9.17, 15) is 9.18 Å². The SMILES string of the molecule is C=CCN(C(=O)CSc1n[nH]c(-c2ccccc2F)n1)c1ccccc1. The van der Waals surface area contributed by atoms with Crippen LogP contribution in [0.25, 0.3) is 11.4 Å². The van der Waals surface area contributed by atoms with Gasteiger partial charge in [0.1, 0.15) is 5.82 Å². The van der Waals surface area contributed by atoms with Gasteiger partial charge in [-0.2, -0.15) is 0 Å². The Morgan fingerprint density at radius 1 is 1.19 bits per heavy atom. The number of carbonyl (C=O) groups is 1. The molecule has 1 heterocycles. The van der Waals surface area contributed by atoms with E-state index in [1.54, 1.807) is 29.2 Å². The molecule has 0 aliphatic carbocycles. The van der Waals surface area contributed by atoms with E-state index in [0.29, 0.717) is 23.1 Å². The number of aromatic nitrogens is 3. The standard InChI is InChI=1S/C19H17FN4OS/c1-2-12-24(14-8-4-3-5-9-14)17(25)13-26-19-21-18(22-23-19)15-10-6-7-11-16(15)20/h2-11H,1,12-13H2,(H,21,22,23). The van der Waals surface area contributed by atoms with Gasteiger partial charge in [-0.25, -0.2) is 9.37 Å². The van der Waals surface area contributed by atoms with Crippen molar-refractivity contribution in [3.63, 3.8) is 0 Å². The number of halogens is 1. The summed E-state index contributed by atoms with van der Waals surface area (Å²) in [5, 5.41) is 7.15. The van der Waals surface area contributed by atoms with E-state index in [0.717, 1.165) is 5.69 Å². The first-order valence-corrected chi connectivity index (χ1v) is 8.94. The zero-order valence-corrected chi connectivity index (χ0v) is 14.7. The summed E-state index contributed by atoms with van der Waals surface area (Å²) in [5.41, 5.74) is 1.15. The number of thioether (sulfide) groups is 1. The molecule has 132 valence electrons. The highest BCUT2D eigenvalue weighted by atomic mass is 32.2. The molecule has 0 radical (unpaired) electrons. The molecule has 0 atom stereocenters. The Balaban J connectivity index is 1.67. The number of anilines is 1. The number of hydrogen-bond donors (Lipinski definition) is 1. The van der Waals surface area contributed by atoms with E-state index in [2.05, 4.69) is 21.8 Å². The van der Waals surface area contributed by atoms with Crippen molar-refractivity contribution in [1.82, 2.24) is 15.2 Å². The van der Waals surface area contributed by atoms with Crippen molar-refractivity contribution in [3.8, 4) is 11.4 Å². The molecule has 2 aromatic carbocycles. The van der Waals surface area contributed by atoms with Gasteiger partial charge in [0.05, 0.1) is 11.3 Å². The molecule has 3 aromatic rings. The largest absolute Gasteiger partial charge is 0.308 e. The average molecular weight is 368 g/mol. The Morgan fingerprint density at radius 3 is 2.65 bits per heavy atom. The third kappa shape index (κ3) is 4.18. The summed E-state index contributed by atoms with van der Waals surface area (Å²) >= 11 is 1.20. The average Bonchev–Trinajstić information content (AvgIpc) is 3.14. The minimum absolute atomic E-state index is 0.0849. The van der Waals surface area contributed by atoms with Gasteiger partial charge >= 0.3 is 0 Å². The Morgan fingerprint density at radius 2 is 1.92 bits per heavy atom. The van der Waals surface area contributed by atoms with Gasteiger partial charge in [0.2, 0.25) is 11.1 Å². The Bertz CT molecular complexity index is 897. The van der Waals surface area contributed by atoms with E-state index in [4.69, 9.17) is 0 Å². The summed E-state index contributed by atoms with van der Waals surface area (Å²) in [6, 6.07) is 15.7. The lowest BCUT2D eigenvalue weighted by Gasteiger charge is -2.20. The summed E-state index contributed by atoms with van der Waals surface area (Å²) in [6.07, 6.45) is 1.68. The number of H-pyrrole nitrogens is 1. The number of para-hydroxylation sites is 1. The molecule has 1 N–H and O–H groups in total. The maximum absolute atomic E-state index is 13.8. The Hall–Kier alpha value is -2.93. The topological polar surface area (TPSA) is 61.9 Å². The maximum atomic E-state index is 13.8. The fraction of sp³-hybridized carbons (Fsp3) is 0.105. The normalized spacial score (nSPS) is 10.5. The summed E-state index contributed by atoms with van der Waals surface area (Å²) < 4.78 is 13.8. The predicted molar refractivity (Wildman–Crippen MR) is 101 cm³/mol. The molecule has 0 spiro atoms. The predicted octanol–water partition coefficient (Wildman–Crippen LogP) is 3.92. The zero-order valence-electron chi connectivity index (χ0n) is 13.9. The fourth-order valence-electron chi connectivity index (χ4n) is 2.38. The Kier molecular flexibility index (Phi) is 5.80. The molecule has 26 heavy (non-hydrogen) atoms. The van der Waals surface area contributed by atoms with Gasteiger partial charge in [0, 0.05) is 12.2 Å². The van der Waals surface area contributed by atoms with Crippen molar-refractivity contribution < 1.29 is 9.18 Å². The van der Waals surface area contributed by atoms with E-state index in [1.165, 1.54) is 17.8 Å². The lowest BCUT2D eigenvalue weighted by Crippen LogP contribution is -2.32. The number of nitrogens with zero attached hydrogens (tertiary/aromatic N) is 3. The number of hydrogen-bond acceptors (Lipinski definition) is 4. The third-order valence-electron chi connectivity index (χ3n) is 3.60. The van der Waals surface area contributed by atoms with Crippen LogP contribution in [0.4, 0.5) is 10.1 Å². The minimum Gasteiger partial charge on any atom is -0.308 e. The van der Waals surface area contributed by atoms with Gasteiger partial charge in [-0.05, 0) is 24.3 Å². The number of amides is 1. The number of nitrogens with one attached hydrogen (secondary N) is 1. The molecule has 0 aliphatic heterocycles. The third-order valence-corrected chi connectivity index (χ3v) is 4.43. The highest BCUT2D eigenvalue weighted by Gasteiger charge is 2.16. The lowest BCUT2D eigenvalue weighted by atomic mass is 10.2. The van der Waals surface area contributed by atoms with Gasteiger partial charge < -0.3 is 4.90 Å². The van der Waals surface area contributed by atoms with Crippen LogP contribution in [0, 0.1) is 5.82 Å². The molecule has 7 heteroatoms. The molecular formula is C19H17FN4OS. The second kappa shape index (κ2) is 8.44. The first kappa shape index (κ1) is 17.9. The van der Waals surface area contributed by atoms with Crippen molar-refractivity contribution in [2.75, 3.05) is 17.2 Å². The van der Waals surface area contributed by atoms with Crippen molar-refractivity contribution in [3.05, 3.63) is 73.1 Å². The Labute approximate surface area is 155 Å². The highest BCUT2D eigenvalue weighted by molar-refractivity contribution is 7.99. The first-order valence-electron chi connectivity index (χ1n) is 7.95. The molecule has 1 amide bonds. The van der Waals surface area contributed by atoms with Crippen molar-refractivity contribution in [2.45, 2.75) is 5.16 Å². The summed E-state index contributed by atoms with van der Waals surface area (Å²) in [5.74, 6) is 0.0389. The molecule has 0 unspecified atom stereocenters. The fourth-order valence-corrected chi connectivity index (χ4v) is 3.05. The van der Waals surface area contributed by atoms with Gasteiger partial charge in [0.15, 0.2) is 5.82 Å². The molecule has 0 bridgehead atoms. The quantitative estimate of drug-likeness (QED) is 0.507. The number of aromatic amines is 1. The van der Waals surface area contributed by atoms with E-state index in [-0.39, 0.29) is 17.5 Å². The van der Waals surface area contributed by atoms with Crippen LogP contribution < -0.4 is 4.90 Å². The second-order valence-electron chi connectivity index (χ2n) is 5.36. The van der Waals surface area contributed by atoms with Gasteiger partial charge in [-0.1, -0.05) is 48.2 Å². The first-order chi connectivity index (χ1) is 12.7. The van der Waals surface area contributed by atoms with E-state index in [1.807, 2.05) is 30.3 Å². The van der Waals surface area contributed by atoms with E-state index < -0.39 is 0 Å². The molecule has 3 rings (SSSR count). The van der Waals surface area contributed by atoms with Crippen LogP contribution in [-0.2, 0) is 4.79 Å². The van der Waals surface area contributed by atoms with Crippen LogP contribution in [0.3, 0.4) is 0 Å². The maximum Gasteiger partial charge on any atom is 0.237 e. The molecule has 0 saturated heterocycles. The second-order valence-corrected chi connectivity index (χ2v) is 6.31. The smallest absolute Gasteiger partial charge is 0.237 e. The summed E-state index contributed by atoms with van der Waals surface area (Å²) in [4.78, 5) is 18.5. The summed E-state index contributed by atoms with van der Waals surface area (Å²) in [7, 11) is 0. The van der Waals surface area contributed by atoms with Gasteiger partial charge in [-0.3, -0.25) is 9.89 Å². The van der Waals surface area contributed by atoms with Crippen LogP contribution in [0.5, 0.6) is 0 Å². The molecule has 0 fully saturated rings. The van der Waals surface area contributed by atoms with Crippen LogP contribution in [-0.4, -0.2) is 33.4 Å². The molecular weight excluding hydrogens is 351 g/mol. The zero-order chi connectivity index (χ0) is 18.4. The van der Waals surface area contributed by atoms with Crippen LogP contribution in [0.15, 0.2) is 72.4 Å². The minimum atomic E-state index is -0.377. The van der Waals surface area contributed by atoms with Crippen LogP contribution in [0.2, 0.25) is 0 Å². The lowest BCUT2D eigenvalue weighted by molar-refractivity contribution is -0.116. The van der Waals surface area contributed by atoms with Crippen molar-refractivity contribution in [2.24, 2.45) is 0 Å². The number of carbonyl (C=O) groups excluding carboxylic acids is 1. The molecule has 5 nitrogen and oxygen atoms in total. The van der Waals surface area contributed by atoms with E-state index >= 15 is 0 Å². The summed E-state index contributed by atoms with van der Waals surface area (Å²) in [6.45, 7) is 4.12. The molecule has 0 aliphatic rings. The van der Waals surface area contributed by atoms with Gasteiger partial charge in [0.25, 0.3) is 0 Å². The van der Waals surface area contributed by atoms with Crippen LogP contribution >= 0.6 is 11.8 Å². The van der Waals surface area contributed by atoms with Gasteiger partial charge in [-0.15, -0.1) is 11.7 Å². The molecule has 0 saturated carbocycles. The number of rotatable bonds is 7. The number of benzene rings is 2. The van der Waals surface area contributed by atoms with Crippen molar-refractivity contribution in [1.29, 1.82) is 0 Å². The van der Waals surface area contributed by atoms with Crippen LogP contribution in [0.1, 0.15) is 0 Å². The highest BCUT2D eigenvalue weighted by Crippen LogP contribution is 2.22. The molecule has 1 aromatic heterocycles. The van der Waals surface area contributed by atoms with Crippen molar-refractivity contribution >= 4 is 23.4 Å².